The highest BCUT2D eigenvalue weighted by molar-refractivity contribution is 5.08. The number of hydrogen-bond donors (Lipinski definition) is 1. The van der Waals surface area contributed by atoms with E-state index in [0.717, 1.165) is 6.42 Å². The molecule has 0 bridgehead atoms. The molecule has 0 radical (unpaired) electrons. The average molecular weight is 196 g/mol. The third-order valence-corrected chi connectivity index (χ3v) is 2.01. The summed E-state index contributed by atoms with van der Waals surface area (Å²) >= 11 is 0. The molecule has 0 saturated carbocycles. The lowest BCUT2D eigenvalue weighted by atomic mass is 10.3. The van der Waals surface area contributed by atoms with Crippen LogP contribution in [0.15, 0.2) is 10.9 Å². The Hall–Kier alpha value is -1.36. The predicted octanol–water partition coefficient (Wildman–Crippen LogP) is 0.246. The van der Waals surface area contributed by atoms with Gasteiger partial charge in [0.1, 0.15) is 11.9 Å². The van der Waals surface area contributed by atoms with Crippen molar-refractivity contribution in [2.75, 3.05) is 13.2 Å². The molecule has 1 aromatic heterocycles. The quantitative estimate of drug-likeness (QED) is 0.736. The molecule has 2 rings (SSSR count). The van der Waals surface area contributed by atoms with Gasteiger partial charge >= 0.3 is 0 Å². The highest BCUT2D eigenvalue weighted by atomic mass is 16.5. The molecule has 0 amide bonds. The molecule has 1 unspecified atom stereocenters. The number of aromatic nitrogens is 2. The van der Waals surface area contributed by atoms with E-state index in [1.165, 1.54) is 6.07 Å². The highest BCUT2D eigenvalue weighted by Gasteiger charge is 2.17. The number of nitrogens with one attached hydrogen (secondary N) is 1. The summed E-state index contributed by atoms with van der Waals surface area (Å²) in [6, 6.07) is 1.35. The van der Waals surface area contributed by atoms with Crippen molar-refractivity contribution in [3.05, 3.63) is 22.2 Å². The van der Waals surface area contributed by atoms with Crippen LogP contribution < -0.4 is 10.3 Å². The molecule has 2 heterocycles. The van der Waals surface area contributed by atoms with Crippen LogP contribution in [-0.4, -0.2) is 29.3 Å². The van der Waals surface area contributed by atoms with Crippen molar-refractivity contribution in [1.29, 1.82) is 0 Å². The molecule has 1 N–H and O–H groups in total. The third kappa shape index (κ3) is 2.11. The molecule has 0 aromatic carbocycles. The Morgan fingerprint density at radius 2 is 2.57 bits per heavy atom. The minimum Gasteiger partial charge on any atom is -0.472 e. The fourth-order valence-corrected chi connectivity index (χ4v) is 1.39. The second kappa shape index (κ2) is 3.79. The van der Waals surface area contributed by atoms with Crippen LogP contribution in [0.4, 0.5) is 0 Å². The van der Waals surface area contributed by atoms with Crippen LogP contribution in [0.1, 0.15) is 12.2 Å². The first-order valence-corrected chi connectivity index (χ1v) is 4.56. The monoisotopic (exact) mass is 196 g/mol. The summed E-state index contributed by atoms with van der Waals surface area (Å²) in [6.45, 7) is 3.01. The molecule has 0 aliphatic carbocycles. The first-order chi connectivity index (χ1) is 6.74. The molecule has 1 atom stereocenters. The first-order valence-electron chi connectivity index (χ1n) is 4.56. The molecule has 1 fully saturated rings. The zero-order valence-corrected chi connectivity index (χ0v) is 7.95. The van der Waals surface area contributed by atoms with E-state index in [1.54, 1.807) is 6.92 Å². The Balaban J connectivity index is 2.11. The Labute approximate surface area is 81.1 Å². The van der Waals surface area contributed by atoms with Crippen LogP contribution in [0.5, 0.6) is 5.88 Å². The van der Waals surface area contributed by atoms with Crippen molar-refractivity contribution in [1.82, 2.24) is 9.97 Å². The topological polar surface area (TPSA) is 64.2 Å². The Bertz CT molecular complexity index is 369. The maximum atomic E-state index is 11.1. The maximum absolute atomic E-state index is 11.1. The molecule has 1 saturated heterocycles. The van der Waals surface area contributed by atoms with Gasteiger partial charge in [-0.1, -0.05) is 0 Å². The number of ether oxygens (including phenoxy) is 2. The number of hydrogen-bond acceptors (Lipinski definition) is 4. The fraction of sp³-hybridized carbons (Fsp3) is 0.556. The van der Waals surface area contributed by atoms with Crippen LogP contribution in [0.25, 0.3) is 0 Å². The largest absolute Gasteiger partial charge is 0.472 e. The van der Waals surface area contributed by atoms with E-state index >= 15 is 0 Å². The van der Waals surface area contributed by atoms with E-state index in [0.29, 0.717) is 24.9 Å². The van der Waals surface area contributed by atoms with Crippen molar-refractivity contribution >= 4 is 0 Å². The van der Waals surface area contributed by atoms with Crippen molar-refractivity contribution in [2.45, 2.75) is 19.4 Å². The molecule has 14 heavy (non-hydrogen) atoms. The lowest BCUT2D eigenvalue weighted by molar-refractivity contribution is 0.137. The highest BCUT2D eigenvalue weighted by Crippen LogP contribution is 2.12. The Morgan fingerprint density at radius 1 is 1.71 bits per heavy atom. The minimum absolute atomic E-state index is 0.0312. The molecular formula is C9H12N2O3. The van der Waals surface area contributed by atoms with Gasteiger partial charge in [-0.3, -0.25) is 4.79 Å². The first kappa shape index (κ1) is 9.21. The van der Waals surface area contributed by atoms with Gasteiger partial charge in [0.2, 0.25) is 5.88 Å². The van der Waals surface area contributed by atoms with Gasteiger partial charge in [0.15, 0.2) is 0 Å². The average Bonchev–Trinajstić information content (AvgIpc) is 2.54. The summed E-state index contributed by atoms with van der Waals surface area (Å²) in [5, 5.41) is 0. The summed E-state index contributed by atoms with van der Waals surface area (Å²) in [6.07, 6.45) is 0.886. The smallest absolute Gasteiger partial charge is 0.254 e. The molecule has 0 spiro atoms. The summed E-state index contributed by atoms with van der Waals surface area (Å²) in [5.74, 6) is 0.938. The molecule has 1 aromatic rings. The van der Waals surface area contributed by atoms with E-state index in [1.807, 2.05) is 0 Å². The van der Waals surface area contributed by atoms with Crippen LogP contribution >= 0.6 is 0 Å². The van der Waals surface area contributed by atoms with Crippen LogP contribution in [0, 0.1) is 6.92 Å². The molecule has 1 aliphatic rings. The van der Waals surface area contributed by atoms with E-state index in [9.17, 15) is 4.79 Å². The molecule has 1 aliphatic heterocycles. The van der Waals surface area contributed by atoms with Gasteiger partial charge in [-0.25, -0.2) is 4.98 Å². The van der Waals surface area contributed by atoms with E-state index < -0.39 is 0 Å². The van der Waals surface area contributed by atoms with Gasteiger partial charge in [-0.15, -0.1) is 0 Å². The van der Waals surface area contributed by atoms with Gasteiger partial charge in [0.05, 0.1) is 19.3 Å². The van der Waals surface area contributed by atoms with E-state index in [-0.39, 0.29) is 11.7 Å². The molecule has 5 heteroatoms. The molecule has 76 valence electrons. The number of nitrogens with zero attached hydrogens (tertiary/aromatic N) is 1. The lowest BCUT2D eigenvalue weighted by Gasteiger charge is -2.10. The van der Waals surface area contributed by atoms with E-state index in [4.69, 9.17) is 9.47 Å². The second-order valence-corrected chi connectivity index (χ2v) is 3.27. The molecular weight excluding hydrogens is 184 g/mol. The standard InChI is InChI=1S/C9H12N2O3/c1-6-10-8(12)4-9(11-6)14-7-2-3-13-5-7/h4,7H,2-3,5H2,1H3,(H,10,11,12). The van der Waals surface area contributed by atoms with Crippen LogP contribution in [0.2, 0.25) is 0 Å². The minimum atomic E-state index is -0.189. The summed E-state index contributed by atoms with van der Waals surface area (Å²) in [4.78, 5) is 17.7. The Morgan fingerprint density at radius 3 is 3.21 bits per heavy atom. The SMILES string of the molecule is Cc1nc(OC2CCOC2)cc(=O)[nH]1. The van der Waals surface area contributed by atoms with Crippen molar-refractivity contribution in [2.24, 2.45) is 0 Å². The predicted molar refractivity (Wildman–Crippen MR) is 49.4 cm³/mol. The van der Waals surface area contributed by atoms with Crippen LogP contribution in [-0.2, 0) is 4.74 Å². The number of H-pyrrole nitrogens is 1. The van der Waals surface area contributed by atoms with Crippen molar-refractivity contribution in [3.8, 4) is 5.88 Å². The Kier molecular flexibility index (Phi) is 2.49. The van der Waals surface area contributed by atoms with Gasteiger partial charge in [-0.05, 0) is 6.92 Å². The number of rotatable bonds is 2. The third-order valence-electron chi connectivity index (χ3n) is 2.01. The fourth-order valence-electron chi connectivity index (χ4n) is 1.39. The van der Waals surface area contributed by atoms with Gasteiger partial charge in [0.25, 0.3) is 5.56 Å². The summed E-state index contributed by atoms with van der Waals surface area (Å²) in [7, 11) is 0. The molecule has 5 nitrogen and oxygen atoms in total. The number of aryl methyl sites for hydroxylation is 1. The lowest BCUT2D eigenvalue weighted by Crippen LogP contribution is -2.19. The van der Waals surface area contributed by atoms with Gasteiger partial charge in [0, 0.05) is 6.42 Å². The number of aromatic amines is 1. The zero-order valence-electron chi connectivity index (χ0n) is 7.95. The summed E-state index contributed by atoms with van der Waals surface area (Å²) < 4.78 is 10.6. The maximum Gasteiger partial charge on any atom is 0.254 e. The summed E-state index contributed by atoms with van der Waals surface area (Å²) in [5.41, 5.74) is -0.189. The normalized spacial score (nSPS) is 21.1. The second-order valence-electron chi connectivity index (χ2n) is 3.27. The van der Waals surface area contributed by atoms with Gasteiger partial charge in [-0.2, -0.15) is 0 Å². The van der Waals surface area contributed by atoms with Crippen molar-refractivity contribution < 1.29 is 9.47 Å². The van der Waals surface area contributed by atoms with Crippen LogP contribution in [0.3, 0.4) is 0 Å². The zero-order chi connectivity index (χ0) is 9.97. The van der Waals surface area contributed by atoms with E-state index in [2.05, 4.69) is 9.97 Å². The van der Waals surface area contributed by atoms with Gasteiger partial charge < -0.3 is 14.5 Å². The van der Waals surface area contributed by atoms with Crippen molar-refractivity contribution in [3.63, 3.8) is 0 Å².